The van der Waals surface area contributed by atoms with Crippen LogP contribution < -0.4 is 0 Å². The molecule has 0 heterocycles. The molecule has 122 valence electrons. The summed E-state index contributed by atoms with van der Waals surface area (Å²) in [5.74, 6) is 0. The summed E-state index contributed by atoms with van der Waals surface area (Å²) in [6, 6.07) is 0. The van der Waals surface area contributed by atoms with Crippen LogP contribution in [0.25, 0.3) is 0 Å². The van der Waals surface area contributed by atoms with Gasteiger partial charge in [0.05, 0.1) is 0 Å². The van der Waals surface area contributed by atoms with Gasteiger partial charge in [-0.2, -0.15) is 0 Å². The van der Waals surface area contributed by atoms with E-state index in [2.05, 4.69) is 13.8 Å². The molecule has 0 aromatic rings. The van der Waals surface area contributed by atoms with Crippen molar-refractivity contribution in [3.05, 3.63) is 0 Å². The van der Waals surface area contributed by atoms with Gasteiger partial charge in [-0.05, 0) is 13.3 Å². The van der Waals surface area contributed by atoms with Crippen molar-refractivity contribution in [2.75, 3.05) is 13.2 Å². The van der Waals surface area contributed by atoms with Crippen molar-refractivity contribution in [3.8, 4) is 0 Å². The van der Waals surface area contributed by atoms with Crippen LogP contribution in [-0.4, -0.2) is 13.2 Å². The van der Waals surface area contributed by atoms with Crippen molar-refractivity contribution in [3.63, 3.8) is 0 Å². The van der Waals surface area contributed by atoms with Crippen LogP contribution in [0.4, 0.5) is 0 Å². The third-order valence-corrected chi connectivity index (χ3v) is 4.10. The lowest BCUT2D eigenvalue weighted by Crippen LogP contribution is -1.92. The minimum Gasteiger partial charge on any atom is -0.382 e. The van der Waals surface area contributed by atoms with Crippen LogP contribution in [0.3, 0.4) is 0 Å². The Hall–Kier alpha value is -0.0400. The molecule has 0 aliphatic rings. The molecule has 0 aliphatic heterocycles. The van der Waals surface area contributed by atoms with Gasteiger partial charge in [0.15, 0.2) is 0 Å². The van der Waals surface area contributed by atoms with E-state index >= 15 is 0 Å². The van der Waals surface area contributed by atoms with Crippen molar-refractivity contribution < 1.29 is 4.74 Å². The van der Waals surface area contributed by atoms with Gasteiger partial charge in [-0.25, -0.2) is 0 Å². The van der Waals surface area contributed by atoms with Crippen LogP contribution in [0.15, 0.2) is 0 Å². The van der Waals surface area contributed by atoms with E-state index in [9.17, 15) is 0 Å². The summed E-state index contributed by atoms with van der Waals surface area (Å²) in [7, 11) is 0. The molecule has 0 radical (unpaired) electrons. The normalized spacial score (nSPS) is 11.1. The SMILES string of the molecule is CCCCCCCCCCCCCCCCCOCC. The second-order valence-corrected chi connectivity index (χ2v) is 6.15. The molecule has 0 saturated carbocycles. The Morgan fingerprint density at radius 1 is 0.450 bits per heavy atom. The van der Waals surface area contributed by atoms with Gasteiger partial charge in [-0.3, -0.25) is 0 Å². The molecule has 0 rings (SSSR count). The zero-order valence-corrected chi connectivity index (χ0v) is 14.4. The molecule has 0 amide bonds. The topological polar surface area (TPSA) is 9.23 Å². The van der Waals surface area contributed by atoms with Crippen LogP contribution in [0.2, 0.25) is 0 Å². The number of hydrogen-bond acceptors (Lipinski definition) is 1. The van der Waals surface area contributed by atoms with Gasteiger partial charge in [-0.1, -0.05) is 96.8 Å². The van der Waals surface area contributed by atoms with Gasteiger partial charge in [0.25, 0.3) is 0 Å². The predicted octanol–water partition coefficient (Wildman–Crippen LogP) is 6.89. The minimum absolute atomic E-state index is 0.874. The largest absolute Gasteiger partial charge is 0.382 e. The molecule has 0 saturated heterocycles. The highest BCUT2D eigenvalue weighted by molar-refractivity contribution is 4.49. The number of hydrogen-bond donors (Lipinski definition) is 0. The van der Waals surface area contributed by atoms with Crippen molar-refractivity contribution in [1.29, 1.82) is 0 Å². The molecule has 0 N–H and O–H groups in total. The van der Waals surface area contributed by atoms with E-state index in [4.69, 9.17) is 4.74 Å². The lowest BCUT2D eigenvalue weighted by Gasteiger charge is -2.03. The van der Waals surface area contributed by atoms with E-state index in [0.29, 0.717) is 0 Å². The highest BCUT2D eigenvalue weighted by Gasteiger charge is 1.94. The number of unbranched alkanes of at least 4 members (excludes halogenated alkanes) is 14. The van der Waals surface area contributed by atoms with Crippen LogP contribution in [0.5, 0.6) is 0 Å². The molecule has 0 spiro atoms. The summed E-state index contributed by atoms with van der Waals surface area (Å²) in [6.07, 6.45) is 21.4. The van der Waals surface area contributed by atoms with Crippen LogP contribution >= 0.6 is 0 Å². The van der Waals surface area contributed by atoms with Crippen LogP contribution in [0, 0.1) is 0 Å². The highest BCUT2D eigenvalue weighted by Crippen LogP contribution is 2.13. The summed E-state index contributed by atoms with van der Waals surface area (Å²) in [4.78, 5) is 0. The molecule has 20 heavy (non-hydrogen) atoms. The summed E-state index contributed by atoms with van der Waals surface area (Å²) < 4.78 is 5.35. The van der Waals surface area contributed by atoms with Gasteiger partial charge in [0, 0.05) is 13.2 Å². The Labute approximate surface area is 128 Å². The lowest BCUT2D eigenvalue weighted by atomic mass is 10.0. The van der Waals surface area contributed by atoms with E-state index in [-0.39, 0.29) is 0 Å². The first-order valence-electron chi connectivity index (χ1n) is 9.49. The average molecular weight is 285 g/mol. The zero-order chi connectivity index (χ0) is 14.7. The third-order valence-electron chi connectivity index (χ3n) is 4.10. The number of rotatable bonds is 17. The Morgan fingerprint density at radius 2 is 0.800 bits per heavy atom. The van der Waals surface area contributed by atoms with Crippen LogP contribution in [-0.2, 0) is 4.74 Å². The average Bonchev–Trinajstić information content (AvgIpc) is 2.47. The third kappa shape index (κ3) is 18.0. The van der Waals surface area contributed by atoms with E-state index in [1.54, 1.807) is 0 Å². The van der Waals surface area contributed by atoms with Crippen molar-refractivity contribution in [2.24, 2.45) is 0 Å². The maximum Gasteiger partial charge on any atom is 0.0465 e. The van der Waals surface area contributed by atoms with Gasteiger partial charge in [0.2, 0.25) is 0 Å². The lowest BCUT2D eigenvalue weighted by molar-refractivity contribution is 0.143. The van der Waals surface area contributed by atoms with Gasteiger partial charge >= 0.3 is 0 Å². The standard InChI is InChI=1S/C19H40O/c1-3-5-6-7-8-9-10-11-12-13-14-15-16-17-18-19-20-4-2/h3-19H2,1-2H3. The van der Waals surface area contributed by atoms with Gasteiger partial charge in [-0.15, -0.1) is 0 Å². The number of ether oxygens (including phenoxy) is 1. The molecule has 1 heteroatoms. The van der Waals surface area contributed by atoms with Gasteiger partial charge < -0.3 is 4.74 Å². The molecule has 0 atom stereocenters. The van der Waals surface area contributed by atoms with Crippen molar-refractivity contribution in [2.45, 2.75) is 110 Å². The Kier molecular flexibility index (Phi) is 18.9. The molecular weight excluding hydrogens is 244 g/mol. The molecule has 0 aliphatic carbocycles. The Morgan fingerprint density at radius 3 is 1.15 bits per heavy atom. The van der Waals surface area contributed by atoms with Crippen LogP contribution in [0.1, 0.15) is 110 Å². The molecule has 0 aromatic heterocycles. The molecule has 0 aromatic carbocycles. The fourth-order valence-electron chi connectivity index (χ4n) is 2.72. The quantitative estimate of drug-likeness (QED) is 0.264. The van der Waals surface area contributed by atoms with Crippen molar-refractivity contribution >= 4 is 0 Å². The first-order valence-corrected chi connectivity index (χ1v) is 9.49. The van der Waals surface area contributed by atoms with Crippen molar-refractivity contribution in [1.82, 2.24) is 0 Å². The highest BCUT2D eigenvalue weighted by atomic mass is 16.5. The molecule has 0 fully saturated rings. The summed E-state index contributed by atoms with van der Waals surface area (Å²) in [5.41, 5.74) is 0. The monoisotopic (exact) mass is 284 g/mol. The molecule has 0 bridgehead atoms. The molecule has 1 nitrogen and oxygen atoms in total. The van der Waals surface area contributed by atoms with Gasteiger partial charge in [0.1, 0.15) is 0 Å². The zero-order valence-electron chi connectivity index (χ0n) is 14.4. The smallest absolute Gasteiger partial charge is 0.0465 e. The van der Waals surface area contributed by atoms with E-state index in [0.717, 1.165) is 13.2 Å². The first kappa shape index (κ1) is 20.0. The van der Waals surface area contributed by atoms with E-state index in [1.165, 1.54) is 96.3 Å². The fourth-order valence-corrected chi connectivity index (χ4v) is 2.72. The summed E-state index contributed by atoms with van der Waals surface area (Å²) >= 11 is 0. The molecular formula is C19H40O. The summed E-state index contributed by atoms with van der Waals surface area (Å²) in [6.45, 7) is 6.21. The summed E-state index contributed by atoms with van der Waals surface area (Å²) in [5, 5.41) is 0. The fraction of sp³-hybridized carbons (Fsp3) is 1.00. The molecule has 0 unspecified atom stereocenters. The maximum absolute atomic E-state index is 5.35. The Bertz CT molecular complexity index is 138. The Balaban J connectivity index is 2.89. The van der Waals surface area contributed by atoms with E-state index in [1.807, 2.05) is 0 Å². The second-order valence-electron chi connectivity index (χ2n) is 6.15. The first-order chi connectivity index (χ1) is 9.91. The maximum atomic E-state index is 5.35. The minimum atomic E-state index is 0.874. The second kappa shape index (κ2) is 19.0. The van der Waals surface area contributed by atoms with E-state index < -0.39 is 0 Å². The predicted molar refractivity (Wildman–Crippen MR) is 91.4 cm³/mol.